The molecule has 5 nitrogen and oxygen atoms in total. The summed E-state index contributed by atoms with van der Waals surface area (Å²) >= 11 is 0. The molecule has 0 radical (unpaired) electrons. The molecular formula is C22H19FN2O3. The molecule has 1 atom stereocenters. The molecule has 0 saturated carbocycles. The molecule has 0 spiro atoms. The van der Waals surface area contributed by atoms with Gasteiger partial charge in [-0.05, 0) is 49.4 Å². The van der Waals surface area contributed by atoms with Crippen LogP contribution in [-0.4, -0.2) is 17.9 Å². The lowest BCUT2D eigenvalue weighted by Crippen LogP contribution is -2.30. The lowest BCUT2D eigenvalue weighted by Gasteiger charge is -2.15. The maximum atomic E-state index is 13.2. The Kier molecular flexibility index (Phi) is 6.01. The molecule has 142 valence electrons. The van der Waals surface area contributed by atoms with E-state index in [1.54, 1.807) is 61.5 Å². The van der Waals surface area contributed by atoms with E-state index in [4.69, 9.17) is 4.74 Å². The zero-order chi connectivity index (χ0) is 19.9. The van der Waals surface area contributed by atoms with Crippen molar-refractivity contribution in [2.24, 2.45) is 0 Å². The van der Waals surface area contributed by atoms with E-state index in [1.807, 2.05) is 6.07 Å². The zero-order valence-corrected chi connectivity index (χ0v) is 15.2. The van der Waals surface area contributed by atoms with Crippen molar-refractivity contribution in [2.75, 3.05) is 10.6 Å². The maximum absolute atomic E-state index is 13.2. The van der Waals surface area contributed by atoms with Crippen molar-refractivity contribution < 1.29 is 18.7 Å². The Morgan fingerprint density at radius 3 is 2.25 bits per heavy atom. The van der Waals surface area contributed by atoms with Gasteiger partial charge in [-0.15, -0.1) is 0 Å². The quantitative estimate of drug-likeness (QED) is 0.664. The first-order valence-corrected chi connectivity index (χ1v) is 8.71. The molecule has 3 aromatic rings. The van der Waals surface area contributed by atoms with Crippen LogP contribution in [0.3, 0.4) is 0 Å². The van der Waals surface area contributed by atoms with Gasteiger partial charge in [0.15, 0.2) is 6.10 Å². The smallest absolute Gasteiger partial charge is 0.265 e. The van der Waals surface area contributed by atoms with Crippen LogP contribution >= 0.6 is 0 Å². The predicted molar refractivity (Wildman–Crippen MR) is 106 cm³/mol. The molecule has 0 fully saturated rings. The average molecular weight is 378 g/mol. The van der Waals surface area contributed by atoms with Crippen LogP contribution < -0.4 is 15.4 Å². The number of carbonyl (C=O) groups is 2. The van der Waals surface area contributed by atoms with Gasteiger partial charge in [0.05, 0.1) is 0 Å². The largest absolute Gasteiger partial charge is 0.481 e. The second-order valence-electron chi connectivity index (χ2n) is 6.11. The monoisotopic (exact) mass is 378 g/mol. The lowest BCUT2D eigenvalue weighted by atomic mass is 10.2. The molecule has 0 aromatic heterocycles. The lowest BCUT2D eigenvalue weighted by molar-refractivity contribution is -0.122. The van der Waals surface area contributed by atoms with Gasteiger partial charge in [-0.3, -0.25) is 9.59 Å². The van der Waals surface area contributed by atoms with Crippen LogP contribution in [0.5, 0.6) is 5.75 Å². The first-order chi connectivity index (χ1) is 13.5. The topological polar surface area (TPSA) is 67.4 Å². The third-order valence-corrected chi connectivity index (χ3v) is 3.90. The highest BCUT2D eigenvalue weighted by Gasteiger charge is 2.15. The molecular weight excluding hydrogens is 359 g/mol. The van der Waals surface area contributed by atoms with Gasteiger partial charge in [0, 0.05) is 23.0 Å². The normalized spacial score (nSPS) is 11.4. The van der Waals surface area contributed by atoms with Gasteiger partial charge in [0.1, 0.15) is 11.6 Å². The van der Waals surface area contributed by atoms with Crippen LogP contribution in [0.1, 0.15) is 17.3 Å². The fourth-order valence-corrected chi connectivity index (χ4v) is 2.51. The molecule has 1 unspecified atom stereocenters. The van der Waals surface area contributed by atoms with Crippen molar-refractivity contribution in [3.8, 4) is 5.75 Å². The van der Waals surface area contributed by atoms with Crippen LogP contribution in [0.15, 0.2) is 78.9 Å². The van der Waals surface area contributed by atoms with Crippen molar-refractivity contribution >= 4 is 23.2 Å². The van der Waals surface area contributed by atoms with Crippen LogP contribution in [0.4, 0.5) is 15.8 Å². The number of amides is 2. The Balaban J connectivity index is 1.62. The SMILES string of the molecule is CC(Oc1cccc(F)c1)C(=O)Nc1cccc(NC(=O)c2ccccc2)c1. The number of hydrogen-bond donors (Lipinski definition) is 2. The summed E-state index contributed by atoms with van der Waals surface area (Å²) in [6.45, 7) is 1.57. The van der Waals surface area contributed by atoms with Crippen molar-refractivity contribution in [3.63, 3.8) is 0 Å². The summed E-state index contributed by atoms with van der Waals surface area (Å²) in [4.78, 5) is 24.6. The Hall–Kier alpha value is -3.67. The summed E-state index contributed by atoms with van der Waals surface area (Å²) in [6, 6.07) is 21.2. The minimum absolute atomic E-state index is 0.244. The summed E-state index contributed by atoms with van der Waals surface area (Å²) in [7, 11) is 0. The number of benzene rings is 3. The van der Waals surface area contributed by atoms with Gasteiger partial charge < -0.3 is 15.4 Å². The molecule has 0 heterocycles. The predicted octanol–water partition coefficient (Wildman–Crippen LogP) is 4.48. The van der Waals surface area contributed by atoms with Crippen molar-refractivity contribution in [3.05, 3.63) is 90.2 Å². The second-order valence-corrected chi connectivity index (χ2v) is 6.11. The number of halogens is 1. The molecule has 3 rings (SSSR count). The summed E-state index contributed by atoms with van der Waals surface area (Å²) in [5.74, 6) is -0.804. The first-order valence-electron chi connectivity index (χ1n) is 8.71. The second kappa shape index (κ2) is 8.81. The molecule has 2 amide bonds. The molecule has 0 aliphatic carbocycles. The van der Waals surface area contributed by atoms with E-state index in [0.29, 0.717) is 16.9 Å². The standard InChI is InChI=1S/C22H19FN2O3/c1-15(28-20-12-5-9-17(23)13-20)21(26)24-18-10-6-11-19(14-18)25-22(27)16-7-3-2-4-8-16/h2-15H,1H3,(H,24,26)(H,25,27). The van der Waals surface area contributed by atoms with E-state index in [9.17, 15) is 14.0 Å². The number of anilines is 2. The first kappa shape index (κ1) is 19.1. The fourth-order valence-electron chi connectivity index (χ4n) is 2.51. The number of rotatable bonds is 6. The van der Waals surface area contributed by atoms with Crippen LogP contribution in [0, 0.1) is 5.82 Å². The summed E-state index contributed by atoms with van der Waals surface area (Å²) in [5.41, 5.74) is 1.59. The Morgan fingerprint density at radius 1 is 0.857 bits per heavy atom. The molecule has 0 bridgehead atoms. The van der Waals surface area contributed by atoms with E-state index in [-0.39, 0.29) is 11.7 Å². The third-order valence-electron chi connectivity index (χ3n) is 3.90. The third kappa shape index (κ3) is 5.17. The molecule has 28 heavy (non-hydrogen) atoms. The molecule has 0 aliphatic heterocycles. The summed E-state index contributed by atoms with van der Waals surface area (Å²) in [5, 5.41) is 5.50. The highest BCUT2D eigenvalue weighted by Crippen LogP contribution is 2.18. The molecule has 2 N–H and O–H groups in total. The minimum atomic E-state index is -0.829. The molecule has 0 aliphatic rings. The summed E-state index contributed by atoms with van der Waals surface area (Å²) in [6.07, 6.45) is -0.829. The average Bonchev–Trinajstić information content (AvgIpc) is 2.69. The summed E-state index contributed by atoms with van der Waals surface area (Å²) < 4.78 is 18.7. The van der Waals surface area contributed by atoms with Crippen LogP contribution in [0.2, 0.25) is 0 Å². The Labute approximate surface area is 162 Å². The number of carbonyl (C=O) groups excluding carboxylic acids is 2. The number of ether oxygens (including phenoxy) is 1. The van der Waals surface area contributed by atoms with E-state index >= 15 is 0 Å². The Morgan fingerprint density at radius 2 is 1.54 bits per heavy atom. The van der Waals surface area contributed by atoms with Crippen molar-refractivity contribution in [2.45, 2.75) is 13.0 Å². The zero-order valence-electron chi connectivity index (χ0n) is 15.2. The van der Waals surface area contributed by atoms with E-state index < -0.39 is 17.8 Å². The number of hydrogen-bond acceptors (Lipinski definition) is 3. The van der Waals surface area contributed by atoms with Gasteiger partial charge in [0.25, 0.3) is 11.8 Å². The minimum Gasteiger partial charge on any atom is -0.481 e. The fraction of sp³-hybridized carbons (Fsp3) is 0.0909. The van der Waals surface area contributed by atoms with E-state index in [2.05, 4.69) is 10.6 Å². The van der Waals surface area contributed by atoms with Gasteiger partial charge in [-0.25, -0.2) is 4.39 Å². The number of nitrogens with one attached hydrogen (secondary N) is 2. The van der Waals surface area contributed by atoms with Crippen LogP contribution in [-0.2, 0) is 4.79 Å². The van der Waals surface area contributed by atoms with Gasteiger partial charge in [-0.1, -0.05) is 30.3 Å². The molecule has 3 aromatic carbocycles. The van der Waals surface area contributed by atoms with Gasteiger partial charge >= 0.3 is 0 Å². The molecule has 6 heteroatoms. The van der Waals surface area contributed by atoms with Gasteiger partial charge in [-0.2, -0.15) is 0 Å². The van der Waals surface area contributed by atoms with Crippen LogP contribution in [0.25, 0.3) is 0 Å². The van der Waals surface area contributed by atoms with Gasteiger partial charge in [0.2, 0.25) is 0 Å². The molecule has 0 saturated heterocycles. The maximum Gasteiger partial charge on any atom is 0.265 e. The van der Waals surface area contributed by atoms with E-state index in [1.165, 1.54) is 18.2 Å². The highest BCUT2D eigenvalue weighted by atomic mass is 19.1. The Bertz CT molecular complexity index is 976. The van der Waals surface area contributed by atoms with Crippen molar-refractivity contribution in [1.29, 1.82) is 0 Å². The van der Waals surface area contributed by atoms with Crippen molar-refractivity contribution in [1.82, 2.24) is 0 Å². The van der Waals surface area contributed by atoms with E-state index in [0.717, 1.165) is 0 Å². The highest BCUT2D eigenvalue weighted by molar-refractivity contribution is 6.04.